The molecule has 0 bridgehead atoms. The zero-order valence-corrected chi connectivity index (χ0v) is 14.7. The van der Waals surface area contributed by atoms with Crippen molar-refractivity contribution in [2.75, 3.05) is 5.73 Å². The van der Waals surface area contributed by atoms with Gasteiger partial charge in [0.1, 0.15) is 0 Å². The molecule has 116 valence electrons. The van der Waals surface area contributed by atoms with Gasteiger partial charge in [0.15, 0.2) is 0 Å². The molecule has 0 amide bonds. The maximum Gasteiger partial charge on any atom is 0.0314 e. The quantitative estimate of drug-likeness (QED) is 0.641. The molecule has 1 aromatic rings. The van der Waals surface area contributed by atoms with Crippen LogP contribution in [-0.4, -0.2) is 0 Å². The Hall–Kier alpha value is -1.50. The molecule has 1 saturated carbocycles. The van der Waals surface area contributed by atoms with Crippen LogP contribution in [0.2, 0.25) is 0 Å². The lowest BCUT2D eigenvalue weighted by Crippen LogP contribution is -2.21. The first-order valence-electron chi connectivity index (χ1n) is 8.05. The average Bonchev–Trinajstić information content (AvgIpc) is 2.67. The van der Waals surface area contributed by atoms with Crippen molar-refractivity contribution < 1.29 is 0 Å². The van der Waals surface area contributed by atoms with Crippen molar-refractivity contribution in [1.29, 1.82) is 0 Å². The predicted octanol–water partition coefficient (Wildman–Crippen LogP) is 5.88. The molecule has 0 heterocycles. The Morgan fingerprint density at radius 3 is 1.81 bits per heavy atom. The normalized spacial score (nSPS) is 27.6. The van der Waals surface area contributed by atoms with Gasteiger partial charge < -0.3 is 5.73 Å². The van der Waals surface area contributed by atoms with Crippen molar-refractivity contribution in [2.24, 2.45) is 5.41 Å². The lowest BCUT2D eigenvalue weighted by molar-refractivity contribution is 0.388. The number of benzene rings is 1. The van der Waals surface area contributed by atoms with Crippen LogP contribution in [0.1, 0.15) is 60.5 Å². The van der Waals surface area contributed by atoms with E-state index in [2.05, 4.69) is 58.9 Å². The van der Waals surface area contributed by atoms with Crippen molar-refractivity contribution in [2.45, 2.75) is 60.3 Å². The summed E-state index contributed by atoms with van der Waals surface area (Å²) in [5.74, 6) is 0. The standard InChI is InChI=1S/C18H25N.C2H6/c1-6-15-16(7-2)18(5,12-17(15,3)4)13-8-10-14(19)11-9-13;1-2/h6-11H,12,19H2,1-5H3;1-2H3/b15-6+,16-7+;. The van der Waals surface area contributed by atoms with Crippen molar-refractivity contribution in [3.63, 3.8) is 0 Å². The van der Waals surface area contributed by atoms with Crippen LogP contribution in [0.15, 0.2) is 47.6 Å². The molecular weight excluding hydrogens is 254 g/mol. The van der Waals surface area contributed by atoms with Crippen LogP contribution in [0.25, 0.3) is 0 Å². The van der Waals surface area contributed by atoms with E-state index in [9.17, 15) is 0 Å². The van der Waals surface area contributed by atoms with Crippen LogP contribution in [0, 0.1) is 5.41 Å². The van der Waals surface area contributed by atoms with Crippen molar-refractivity contribution in [3.8, 4) is 0 Å². The third kappa shape index (κ3) is 3.07. The number of rotatable bonds is 1. The van der Waals surface area contributed by atoms with Gasteiger partial charge in [-0.2, -0.15) is 0 Å². The van der Waals surface area contributed by atoms with Gasteiger partial charge in [-0.15, -0.1) is 0 Å². The highest BCUT2D eigenvalue weighted by Gasteiger charge is 2.47. The van der Waals surface area contributed by atoms with Gasteiger partial charge in [0.25, 0.3) is 0 Å². The molecule has 2 N–H and O–H groups in total. The first-order valence-corrected chi connectivity index (χ1v) is 8.05. The van der Waals surface area contributed by atoms with Gasteiger partial charge in [0, 0.05) is 11.1 Å². The highest BCUT2D eigenvalue weighted by molar-refractivity contribution is 5.55. The van der Waals surface area contributed by atoms with Gasteiger partial charge in [0.05, 0.1) is 0 Å². The first kappa shape index (κ1) is 17.6. The van der Waals surface area contributed by atoms with E-state index in [0.717, 1.165) is 12.1 Å². The summed E-state index contributed by atoms with van der Waals surface area (Å²) in [6.45, 7) is 15.3. The molecule has 1 aliphatic carbocycles. The van der Waals surface area contributed by atoms with Crippen LogP contribution >= 0.6 is 0 Å². The Balaban J connectivity index is 0.00000106. The second-order valence-electron chi connectivity index (χ2n) is 6.42. The van der Waals surface area contributed by atoms with E-state index in [-0.39, 0.29) is 10.8 Å². The fourth-order valence-corrected chi connectivity index (χ4v) is 3.86. The van der Waals surface area contributed by atoms with Gasteiger partial charge >= 0.3 is 0 Å². The highest BCUT2D eigenvalue weighted by Crippen LogP contribution is 2.57. The topological polar surface area (TPSA) is 26.0 Å². The molecule has 1 heteroatoms. The molecule has 1 aromatic carbocycles. The van der Waals surface area contributed by atoms with Crippen molar-refractivity contribution >= 4 is 5.69 Å². The van der Waals surface area contributed by atoms with Crippen LogP contribution in [0.4, 0.5) is 5.69 Å². The number of nitrogens with two attached hydrogens (primary N) is 1. The number of allylic oxidation sites excluding steroid dienone is 4. The van der Waals surface area contributed by atoms with E-state index in [1.54, 1.807) is 0 Å². The molecule has 0 aromatic heterocycles. The number of nitrogen functional groups attached to an aromatic ring is 1. The molecule has 0 aliphatic heterocycles. The molecule has 1 fully saturated rings. The summed E-state index contributed by atoms with van der Waals surface area (Å²) in [7, 11) is 0. The largest absolute Gasteiger partial charge is 0.399 e. The minimum atomic E-state index is 0.0911. The molecule has 0 spiro atoms. The summed E-state index contributed by atoms with van der Waals surface area (Å²) in [5.41, 5.74) is 11.3. The molecule has 1 atom stereocenters. The van der Waals surface area contributed by atoms with Gasteiger partial charge in [-0.25, -0.2) is 0 Å². The second-order valence-corrected chi connectivity index (χ2v) is 6.42. The summed E-state index contributed by atoms with van der Waals surface area (Å²) in [6.07, 6.45) is 5.70. The molecule has 1 unspecified atom stereocenters. The first-order chi connectivity index (χ1) is 9.85. The Morgan fingerprint density at radius 2 is 1.38 bits per heavy atom. The van der Waals surface area contributed by atoms with E-state index >= 15 is 0 Å². The number of hydrogen-bond acceptors (Lipinski definition) is 1. The molecule has 2 rings (SSSR count). The molecule has 21 heavy (non-hydrogen) atoms. The SMILES string of the molecule is C/C=C1\C(=C/C)C(C)(c2ccc(N)cc2)CC1(C)C.CC. The molecule has 0 radical (unpaired) electrons. The lowest BCUT2D eigenvalue weighted by Gasteiger charge is -2.28. The average molecular weight is 285 g/mol. The van der Waals surface area contributed by atoms with Gasteiger partial charge in [-0.1, -0.05) is 58.9 Å². The molecular formula is C20H31N. The van der Waals surface area contributed by atoms with Gasteiger partial charge in [0.2, 0.25) is 0 Å². The van der Waals surface area contributed by atoms with Crippen molar-refractivity contribution in [3.05, 3.63) is 53.1 Å². The van der Waals surface area contributed by atoms with Crippen molar-refractivity contribution in [1.82, 2.24) is 0 Å². The maximum atomic E-state index is 5.82. The van der Waals surface area contributed by atoms with Crippen LogP contribution in [0.5, 0.6) is 0 Å². The summed E-state index contributed by atoms with van der Waals surface area (Å²) < 4.78 is 0. The number of hydrogen-bond donors (Lipinski definition) is 1. The molecule has 1 nitrogen and oxygen atoms in total. The van der Waals surface area contributed by atoms with E-state index in [4.69, 9.17) is 5.73 Å². The van der Waals surface area contributed by atoms with Crippen LogP contribution in [0.3, 0.4) is 0 Å². The van der Waals surface area contributed by atoms with Gasteiger partial charge in [-0.05, 0) is 54.5 Å². The Morgan fingerprint density at radius 1 is 0.905 bits per heavy atom. The van der Waals surface area contributed by atoms with Crippen LogP contribution < -0.4 is 5.73 Å². The number of anilines is 1. The van der Waals surface area contributed by atoms with Gasteiger partial charge in [-0.3, -0.25) is 0 Å². The maximum absolute atomic E-state index is 5.82. The zero-order chi connectivity index (χ0) is 16.3. The fourth-order valence-electron chi connectivity index (χ4n) is 3.86. The van der Waals surface area contributed by atoms with E-state index in [1.165, 1.54) is 16.7 Å². The smallest absolute Gasteiger partial charge is 0.0314 e. The Labute approximate surface area is 131 Å². The van der Waals surface area contributed by atoms with E-state index in [0.29, 0.717) is 0 Å². The molecule has 1 aliphatic rings. The Bertz CT molecular complexity index is 531. The Kier molecular flexibility index (Phi) is 5.44. The summed E-state index contributed by atoms with van der Waals surface area (Å²) in [5, 5.41) is 0. The lowest BCUT2D eigenvalue weighted by atomic mass is 9.76. The predicted molar refractivity (Wildman–Crippen MR) is 95.5 cm³/mol. The monoisotopic (exact) mass is 285 g/mol. The summed E-state index contributed by atoms with van der Waals surface area (Å²) in [6, 6.07) is 8.37. The van der Waals surface area contributed by atoms with E-state index < -0.39 is 0 Å². The second kappa shape index (κ2) is 6.51. The molecule has 0 saturated heterocycles. The minimum Gasteiger partial charge on any atom is -0.399 e. The fraction of sp³-hybridized carbons (Fsp3) is 0.500. The summed E-state index contributed by atoms with van der Waals surface area (Å²) in [4.78, 5) is 0. The van der Waals surface area contributed by atoms with E-state index in [1.807, 2.05) is 26.0 Å². The highest BCUT2D eigenvalue weighted by atomic mass is 14.5. The minimum absolute atomic E-state index is 0.0911. The zero-order valence-electron chi connectivity index (χ0n) is 14.7. The third-order valence-electron chi connectivity index (χ3n) is 4.53. The summed E-state index contributed by atoms with van der Waals surface area (Å²) >= 11 is 0. The third-order valence-corrected chi connectivity index (χ3v) is 4.53. The van der Waals surface area contributed by atoms with Crippen LogP contribution in [-0.2, 0) is 5.41 Å².